The van der Waals surface area contributed by atoms with Crippen LogP contribution < -0.4 is 5.32 Å². The normalized spacial score (nSPS) is 20.9. The third-order valence-corrected chi connectivity index (χ3v) is 5.42. The minimum atomic E-state index is -3.04. The molecule has 1 saturated heterocycles. The summed E-state index contributed by atoms with van der Waals surface area (Å²) in [6.45, 7) is 0. The summed E-state index contributed by atoms with van der Waals surface area (Å²) in [4.78, 5) is 12.2. The Balaban J connectivity index is 1.85. The Labute approximate surface area is 117 Å². The van der Waals surface area contributed by atoms with Gasteiger partial charge in [0.25, 0.3) is 0 Å². The van der Waals surface area contributed by atoms with E-state index in [9.17, 15) is 13.2 Å². The van der Waals surface area contributed by atoms with E-state index >= 15 is 0 Å². The lowest BCUT2D eigenvalue weighted by molar-refractivity contribution is -0.119. The molecule has 1 heterocycles. The summed E-state index contributed by atoms with van der Waals surface area (Å²) in [5.41, 5.74) is 0.734. The predicted octanol–water partition coefficient (Wildman–Crippen LogP) is 2.21. The van der Waals surface area contributed by atoms with E-state index in [1.54, 1.807) is 0 Å². The maximum atomic E-state index is 12.2. The fourth-order valence-electron chi connectivity index (χ4n) is 2.57. The summed E-state index contributed by atoms with van der Waals surface area (Å²) >= 11 is 0. The third kappa shape index (κ3) is 2.54. The largest absolute Gasteiger partial charge is 0.325 e. The first-order chi connectivity index (χ1) is 9.55. The zero-order valence-corrected chi connectivity index (χ0v) is 11.7. The van der Waals surface area contributed by atoms with Crippen molar-refractivity contribution in [2.75, 3.05) is 16.8 Å². The molecule has 0 bridgehead atoms. The molecular weight excluding hydrogens is 274 g/mol. The maximum absolute atomic E-state index is 12.2. The van der Waals surface area contributed by atoms with Crippen molar-refractivity contribution in [3.63, 3.8) is 0 Å². The lowest BCUT2D eigenvalue weighted by Gasteiger charge is -2.11. The minimum absolute atomic E-state index is 0.0381. The molecule has 0 radical (unpaired) electrons. The molecule has 1 amide bonds. The molecular formula is C15H15NO3S. The van der Waals surface area contributed by atoms with Crippen molar-refractivity contribution in [2.24, 2.45) is 5.92 Å². The fraction of sp³-hybridized carbons (Fsp3) is 0.267. The van der Waals surface area contributed by atoms with Gasteiger partial charge in [0, 0.05) is 11.1 Å². The van der Waals surface area contributed by atoms with Gasteiger partial charge in [0.2, 0.25) is 5.91 Å². The van der Waals surface area contributed by atoms with E-state index in [-0.39, 0.29) is 17.4 Å². The number of carbonyl (C=O) groups excluding carboxylic acids is 1. The van der Waals surface area contributed by atoms with Crippen LogP contribution in [0.2, 0.25) is 0 Å². The Morgan fingerprint density at radius 2 is 1.85 bits per heavy atom. The smallest absolute Gasteiger partial charge is 0.228 e. The first kappa shape index (κ1) is 13.1. The van der Waals surface area contributed by atoms with Gasteiger partial charge in [0.1, 0.15) is 0 Å². The number of rotatable bonds is 2. The molecule has 1 atom stereocenters. The van der Waals surface area contributed by atoms with Crippen LogP contribution in [0.25, 0.3) is 10.8 Å². The van der Waals surface area contributed by atoms with E-state index in [1.165, 1.54) is 0 Å². The highest BCUT2D eigenvalue weighted by molar-refractivity contribution is 7.91. The van der Waals surface area contributed by atoms with Crippen LogP contribution in [-0.2, 0) is 14.6 Å². The molecule has 0 spiro atoms. The number of anilines is 1. The lowest BCUT2D eigenvalue weighted by Crippen LogP contribution is -2.23. The van der Waals surface area contributed by atoms with Crippen LogP contribution in [0.4, 0.5) is 5.69 Å². The molecule has 0 aromatic heterocycles. The second-order valence-electron chi connectivity index (χ2n) is 5.12. The van der Waals surface area contributed by atoms with Gasteiger partial charge in [-0.05, 0) is 17.9 Å². The third-order valence-electron chi connectivity index (χ3n) is 3.65. The Morgan fingerprint density at radius 3 is 2.60 bits per heavy atom. The van der Waals surface area contributed by atoms with Crippen molar-refractivity contribution < 1.29 is 13.2 Å². The summed E-state index contributed by atoms with van der Waals surface area (Å²) in [6, 6.07) is 13.5. The van der Waals surface area contributed by atoms with E-state index in [0.717, 1.165) is 16.5 Å². The Bertz CT molecular complexity index is 762. The maximum Gasteiger partial charge on any atom is 0.228 e. The van der Waals surface area contributed by atoms with Crippen molar-refractivity contribution >= 4 is 32.2 Å². The number of benzene rings is 2. The number of amides is 1. The van der Waals surface area contributed by atoms with Gasteiger partial charge < -0.3 is 5.32 Å². The number of nitrogens with one attached hydrogen (secondary N) is 1. The molecule has 1 fully saturated rings. The highest BCUT2D eigenvalue weighted by Gasteiger charge is 2.33. The Morgan fingerprint density at radius 1 is 1.10 bits per heavy atom. The number of sulfone groups is 1. The molecule has 2 aromatic carbocycles. The van der Waals surface area contributed by atoms with Gasteiger partial charge in [0.15, 0.2) is 9.84 Å². The van der Waals surface area contributed by atoms with Crippen molar-refractivity contribution in [1.29, 1.82) is 0 Å². The predicted molar refractivity (Wildman–Crippen MR) is 79.3 cm³/mol. The number of fused-ring (bicyclic) bond motifs is 1. The number of carbonyl (C=O) groups is 1. The van der Waals surface area contributed by atoms with Crippen molar-refractivity contribution in [2.45, 2.75) is 6.42 Å². The van der Waals surface area contributed by atoms with Crippen LogP contribution in [0, 0.1) is 5.92 Å². The molecule has 0 saturated carbocycles. The molecule has 0 aliphatic carbocycles. The molecule has 0 unspecified atom stereocenters. The first-order valence-corrected chi connectivity index (χ1v) is 8.36. The molecule has 1 aliphatic rings. The Kier molecular flexibility index (Phi) is 3.22. The monoisotopic (exact) mass is 289 g/mol. The van der Waals surface area contributed by atoms with Gasteiger partial charge in [-0.15, -0.1) is 0 Å². The van der Waals surface area contributed by atoms with Crippen LogP contribution in [-0.4, -0.2) is 25.8 Å². The zero-order valence-electron chi connectivity index (χ0n) is 10.9. The molecule has 2 aromatic rings. The fourth-order valence-corrected chi connectivity index (χ4v) is 4.31. The zero-order chi connectivity index (χ0) is 14.2. The van der Waals surface area contributed by atoms with Gasteiger partial charge in [-0.2, -0.15) is 0 Å². The van der Waals surface area contributed by atoms with Crippen LogP contribution in [0.15, 0.2) is 42.5 Å². The van der Waals surface area contributed by atoms with Crippen LogP contribution in [0.3, 0.4) is 0 Å². The summed E-state index contributed by atoms with van der Waals surface area (Å²) in [5, 5.41) is 4.87. The highest BCUT2D eigenvalue weighted by atomic mass is 32.2. The van der Waals surface area contributed by atoms with Crippen LogP contribution in [0.1, 0.15) is 6.42 Å². The SMILES string of the molecule is O=C(Nc1cccc2ccccc12)[C@@H]1CCS(=O)(=O)C1. The van der Waals surface area contributed by atoms with Crippen molar-refractivity contribution in [1.82, 2.24) is 0 Å². The van der Waals surface area contributed by atoms with Gasteiger partial charge in [-0.3, -0.25) is 4.79 Å². The van der Waals surface area contributed by atoms with E-state index in [0.29, 0.717) is 6.42 Å². The molecule has 3 rings (SSSR count). The molecule has 1 N–H and O–H groups in total. The summed E-state index contributed by atoms with van der Waals surface area (Å²) in [7, 11) is -3.04. The second kappa shape index (κ2) is 4.90. The number of hydrogen-bond donors (Lipinski definition) is 1. The van der Waals surface area contributed by atoms with E-state index < -0.39 is 15.8 Å². The molecule has 20 heavy (non-hydrogen) atoms. The molecule has 104 valence electrons. The van der Waals surface area contributed by atoms with Crippen LogP contribution in [0.5, 0.6) is 0 Å². The average Bonchev–Trinajstić information content (AvgIpc) is 2.80. The van der Waals surface area contributed by atoms with Crippen molar-refractivity contribution in [3.05, 3.63) is 42.5 Å². The molecule has 4 nitrogen and oxygen atoms in total. The van der Waals surface area contributed by atoms with Crippen LogP contribution >= 0.6 is 0 Å². The quantitative estimate of drug-likeness (QED) is 0.922. The van der Waals surface area contributed by atoms with Gasteiger partial charge >= 0.3 is 0 Å². The van der Waals surface area contributed by atoms with E-state index in [1.807, 2.05) is 42.5 Å². The summed E-state index contributed by atoms with van der Waals surface area (Å²) < 4.78 is 22.9. The summed E-state index contributed by atoms with van der Waals surface area (Å²) in [5.74, 6) is -0.564. The van der Waals surface area contributed by atoms with Gasteiger partial charge in [0.05, 0.1) is 17.4 Å². The minimum Gasteiger partial charge on any atom is -0.325 e. The summed E-state index contributed by atoms with van der Waals surface area (Å²) in [6.07, 6.45) is 0.416. The first-order valence-electron chi connectivity index (χ1n) is 6.54. The topological polar surface area (TPSA) is 63.2 Å². The van der Waals surface area contributed by atoms with Gasteiger partial charge in [-0.25, -0.2) is 8.42 Å². The van der Waals surface area contributed by atoms with Crippen molar-refractivity contribution in [3.8, 4) is 0 Å². The number of hydrogen-bond acceptors (Lipinski definition) is 3. The Hall–Kier alpha value is -1.88. The molecule has 1 aliphatic heterocycles. The van der Waals surface area contributed by atoms with Gasteiger partial charge in [-0.1, -0.05) is 36.4 Å². The van der Waals surface area contributed by atoms with E-state index in [2.05, 4.69) is 5.32 Å². The average molecular weight is 289 g/mol. The lowest BCUT2D eigenvalue weighted by atomic mass is 10.1. The second-order valence-corrected chi connectivity index (χ2v) is 7.34. The van der Waals surface area contributed by atoms with E-state index in [4.69, 9.17) is 0 Å². The molecule has 5 heteroatoms. The highest BCUT2D eigenvalue weighted by Crippen LogP contribution is 2.25. The standard InChI is InChI=1S/C15H15NO3S/c17-15(12-8-9-20(18,19)10-12)16-14-7-3-5-11-4-1-2-6-13(11)14/h1-7,12H,8-10H2,(H,16,17)/t12-/m1/s1.